The number of hydrogen-bond donors (Lipinski definition) is 1. The lowest BCUT2D eigenvalue weighted by Gasteiger charge is -2.40. The standard InChI is InChI=1S/C40H55N5O5/c1-27(2)45-24-35(22-42-45)34-15-16-41-38(21-34)44(23-30-7-9-31(10-8-30)33-13-14-37(49-4)28(3)19-33)40(48)32-11-5-29(6-12-32)20-39(47)43-25-36(26-43)50-18-17-46/h13-16,19,21-22,24,27,29-32,36,46H,5-12,17-18,20,23,25-26H2,1-4H3. The molecule has 0 radical (unpaired) electrons. The molecule has 3 aromatic rings. The molecule has 0 atom stereocenters. The van der Waals surface area contributed by atoms with E-state index >= 15 is 0 Å². The van der Waals surface area contributed by atoms with Gasteiger partial charge in [-0.1, -0.05) is 12.1 Å². The van der Waals surface area contributed by atoms with Gasteiger partial charge >= 0.3 is 0 Å². The van der Waals surface area contributed by atoms with Gasteiger partial charge in [-0.3, -0.25) is 19.2 Å². The summed E-state index contributed by atoms with van der Waals surface area (Å²) < 4.78 is 13.0. The minimum atomic E-state index is -0.0746. The van der Waals surface area contributed by atoms with Gasteiger partial charge in [-0.25, -0.2) is 4.98 Å². The maximum absolute atomic E-state index is 14.5. The number of aromatic nitrogens is 3. The number of ether oxygens (including phenoxy) is 2. The fourth-order valence-corrected chi connectivity index (χ4v) is 8.08. The van der Waals surface area contributed by atoms with Gasteiger partial charge in [-0.15, -0.1) is 0 Å². The molecule has 1 saturated heterocycles. The van der Waals surface area contributed by atoms with Crippen LogP contribution in [-0.2, 0) is 14.3 Å². The minimum Gasteiger partial charge on any atom is -0.496 e. The topological polar surface area (TPSA) is 110 Å². The third kappa shape index (κ3) is 8.57. The van der Waals surface area contributed by atoms with Crippen molar-refractivity contribution in [1.82, 2.24) is 19.7 Å². The van der Waals surface area contributed by atoms with Crippen LogP contribution in [0.15, 0.2) is 48.9 Å². The van der Waals surface area contributed by atoms with E-state index in [0.29, 0.717) is 56.2 Å². The van der Waals surface area contributed by atoms with Crippen LogP contribution in [0.5, 0.6) is 5.75 Å². The average molecular weight is 686 g/mol. The van der Waals surface area contributed by atoms with E-state index in [2.05, 4.69) is 56.3 Å². The van der Waals surface area contributed by atoms with Crippen LogP contribution in [0.1, 0.15) is 94.7 Å². The Labute approximate surface area is 297 Å². The predicted octanol–water partition coefficient (Wildman–Crippen LogP) is 6.57. The first-order valence-electron chi connectivity index (χ1n) is 18.7. The molecule has 3 fully saturated rings. The second-order valence-corrected chi connectivity index (χ2v) is 15.0. The Hall–Kier alpha value is -3.76. The summed E-state index contributed by atoms with van der Waals surface area (Å²) in [6, 6.07) is 10.9. The molecule has 1 N–H and O–H groups in total. The van der Waals surface area contributed by atoms with Crippen molar-refractivity contribution < 1.29 is 24.2 Å². The average Bonchev–Trinajstić information content (AvgIpc) is 3.62. The molecule has 50 heavy (non-hydrogen) atoms. The molecular formula is C40H55N5O5. The summed E-state index contributed by atoms with van der Waals surface area (Å²) in [5.74, 6) is 3.13. The highest BCUT2D eigenvalue weighted by Crippen LogP contribution is 2.39. The quantitative estimate of drug-likeness (QED) is 0.217. The molecule has 2 aliphatic carbocycles. The molecular weight excluding hydrogens is 630 g/mol. The van der Waals surface area contributed by atoms with Crippen molar-refractivity contribution in [3.8, 4) is 16.9 Å². The van der Waals surface area contributed by atoms with E-state index in [1.54, 1.807) is 7.11 Å². The highest BCUT2D eigenvalue weighted by molar-refractivity contribution is 5.94. The summed E-state index contributed by atoms with van der Waals surface area (Å²) in [5, 5.41) is 13.5. The van der Waals surface area contributed by atoms with Crippen LogP contribution in [0.4, 0.5) is 5.82 Å². The van der Waals surface area contributed by atoms with Crippen LogP contribution in [0, 0.1) is 24.7 Å². The van der Waals surface area contributed by atoms with E-state index in [1.807, 2.05) is 32.9 Å². The molecule has 0 spiro atoms. The number of carbonyl (C=O) groups excluding carboxylic acids is 2. The zero-order valence-corrected chi connectivity index (χ0v) is 30.3. The van der Waals surface area contributed by atoms with E-state index in [0.717, 1.165) is 68.2 Å². The number of nitrogens with zero attached hydrogens (tertiary/aromatic N) is 5. The van der Waals surface area contributed by atoms with Crippen molar-refractivity contribution in [2.45, 2.75) is 96.6 Å². The summed E-state index contributed by atoms with van der Waals surface area (Å²) >= 11 is 0. The summed E-state index contributed by atoms with van der Waals surface area (Å²) in [7, 11) is 1.72. The lowest BCUT2D eigenvalue weighted by atomic mass is 9.77. The normalized spacial score (nSPS) is 22.7. The van der Waals surface area contributed by atoms with Gasteiger partial charge < -0.3 is 19.5 Å². The molecule has 6 rings (SSSR count). The number of rotatable bonds is 13. The lowest BCUT2D eigenvalue weighted by Crippen LogP contribution is -2.55. The molecule has 10 nitrogen and oxygen atoms in total. The first-order chi connectivity index (χ1) is 24.2. The zero-order valence-electron chi connectivity index (χ0n) is 30.3. The smallest absolute Gasteiger partial charge is 0.231 e. The number of carbonyl (C=O) groups is 2. The van der Waals surface area contributed by atoms with Crippen LogP contribution >= 0.6 is 0 Å². The van der Waals surface area contributed by atoms with Crippen molar-refractivity contribution in [2.75, 3.05) is 44.9 Å². The number of aliphatic hydroxyl groups is 1. The number of aryl methyl sites for hydroxylation is 1. The maximum atomic E-state index is 14.5. The Morgan fingerprint density at radius 1 is 0.980 bits per heavy atom. The molecule has 2 aromatic heterocycles. The number of benzene rings is 1. The van der Waals surface area contributed by atoms with Crippen molar-refractivity contribution in [2.24, 2.45) is 17.8 Å². The number of hydrogen-bond acceptors (Lipinski definition) is 7. The van der Waals surface area contributed by atoms with E-state index in [9.17, 15) is 9.59 Å². The first-order valence-corrected chi connectivity index (χ1v) is 18.7. The van der Waals surface area contributed by atoms with Gasteiger partial charge in [0, 0.05) is 56.0 Å². The van der Waals surface area contributed by atoms with Crippen LogP contribution in [0.2, 0.25) is 0 Å². The molecule has 0 bridgehead atoms. The Balaban J connectivity index is 1.11. The van der Waals surface area contributed by atoms with Gasteiger partial charge in [-0.2, -0.15) is 5.10 Å². The number of anilines is 1. The molecule has 3 aliphatic rings. The Bertz CT molecular complexity index is 1580. The SMILES string of the molecule is COc1ccc(C2CCC(CN(C(=O)C3CCC(CC(=O)N4CC(OCCO)C4)CC3)c3cc(-c4cnn(C(C)C)c4)ccn3)CC2)cc1C. The molecule has 270 valence electrons. The van der Waals surface area contributed by atoms with E-state index < -0.39 is 0 Å². The molecule has 10 heteroatoms. The van der Waals surface area contributed by atoms with Crippen LogP contribution in [0.25, 0.3) is 11.1 Å². The molecule has 2 saturated carbocycles. The third-order valence-corrected chi connectivity index (χ3v) is 11.2. The van der Waals surface area contributed by atoms with Gasteiger partial charge in [0.15, 0.2) is 0 Å². The number of likely N-dealkylation sites (tertiary alicyclic amines) is 1. The summed E-state index contributed by atoms with van der Waals surface area (Å²) in [4.78, 5) is 36.0. The van der Waals surface area contributed by atoms with Crippen molar-refractivity contribution in [3.05, 3.63) is 60.0 Å². The maximum Gasteiger partial charge on any atom is 0.231 e. The van der Waals surface area contributed by atoms with Gasteiger partial charge in [0.1, 0.15) is 11.6 Å². The van der Waals surface area contributed by atoms with Gasteiger partial charge in [0.05, 0.1) is 32.6 Å². The lowest BCUT2D eigenvalue weighted by molar-refractivity contribution is -0.146. The summed E-state index contributed by atoms with van der Waals surface area (Å²) in [6.45, 7) is 8.52. The second kappa shape index (κ2) is 16.5. The highest BCUT2D eigenvalue weighted by Gasteiger charge is 2.36. The van der Waals surface area contributed by atoms with Crippen molar-refractivity contribution >= 4 is 17.6 Å². The fraction of sp³-hybridized carbons (Fsp3) is 0.600. The number of methoxy groups -OCH3 is 1. The largest absolute Gasteiger partial charge is 0.496 e. The molecule has 1 aliphatic heterocycles. The van der Waals surface area contributed by atoms with Crippen LogP contribution in [0.3, 0.4) is 0 Å². The Kier molecular flexibility index (Phi) is 11.9. The van der Waals surface area contributed by atoms with Gasteiger partial charge in [-0.05, 0) is 125 Å². The first kappa shape index (κ1) is 36.0. The van der Waals surface area contributed by atoms with E-state index in [-0.39, 0.29) is 36.5 Å². The van der Waals surface area contributed by atoms with Crippen LogP contribution in [-0.4, -0.2) is 82.6 Å². The third-order valence-electron chi connectivity index (χ3n) is 11.2. The monoisotopic (exact) mass is 685 g/mol. The van der Waals surface area contributed by atoms with Crippen molar-refractivity contribution in [1.29, 1.82) is 0 Å². The second-order valence-electron chi connectivity index (χ2n) is 15.0. The summed E-state index contributed by atoms with van der Waals surface area (Å²) in [6.07, 6.45) is 14.0. The zero-order chi connectivity index (χ0) is 35.2. The summed E-state index contributed by atoms with van der Waals surface area (Å²) in [5.41, 5.74) is 4.58. The van der Waals surface area contributed by atoms with Gasteiger partial charge in [0.25, 0.3) is 0 Å². The van der Waals surface area contributed by atoms with E-state index in [4.69, 9.17) is 19.6 Å². The highest BCUT2D eigenvalue weighted by atomic mass is 16.5. The predicted molar refractivity (Wildman–Crippen MR) is 194 cm³/mol. The number of aliphatic hydroxyl groups excluding tert-OH is 1. The molecule has 1 aromatic carbocycles. The Morgan fingerprint density at radius 2 is 1.72 bits per heavy atom. The van der Waals surface area contributed by atoms with Crippen LogP contribution < -0.4 is 9.64 Å². The number of pyridine rings is 1. The van der Waals surface area contributed by atoms with Gasteiger partial charge in [0.2, 0.25) is 11.8 Å². The van der Waals surface area contributed by atoms with E-state index in [1.165, 1.54) is 11.1 Å². The number of amides is 2. The minimum absolute atomic E-state index is 0.000726. The fourth-order valence-electron chi connectivity index (χ4n) is 8.08. The molecule has 2 amide bonds. The van der Waals surface area contributed by atoms with Crippen molar-refractivity contribution in [3.63, 3.8) is 0 Å². The Morgan fingerprint density at radius 3 is 2.38 bits per heavy atom. The molecule has 3 heterocycles. The molecule has 0 unspecified atom stereocenters.